The van der Waals surface area contributed by atoms with Crippen LogP contribution in [0.2, 0.25) is 0 Å². The molecule has 0 saturated carbocycles. The maximum absolute atomic E-state index is 14.0. The Balaban J connectivity index is 1.20. The summed E-state index contributed by atoms with van der Waals surface area (Å²) in [5.74, 6) is 0. The maximum Gasteiger partial charge on any atom is 0.416 e. The summed E-state index contributed by atoms with van der Waals surface area (Å²) in [4.78, 5) is 0. The molecule has 2 heterocycles. The smallest absolute Gasteiger partial charge is 0.309 e. The molecule has 0 aliphatic heterocycles. The molecule has 0 aliphatic carbocycles. The predicted molar refractivity (Wildman–Crippen MR) is 242 cm³/mol. The molecule has 2 nitrogen and oxygen atoms in total. The van der Waals surface area contributed by atoms with E-state index in [0.717, 1.165) is 100 Å². The number of rotatable bonds is 7. The Morgan fingerprint density at radius 3 is 0.952 bits per heavy atom. The van der Waals surface area contributed by atoms with Crippen LogP contribution in [0.15, 0.2) is 183 Å². The van der Waals surface area contributed by atoms with E-state index in [1.165, 1.54) is 24.3 Å². The Kier molecular flexibility index (Phi) is 9.07. The van der Waals surface area contributed by atoms with Gasteiger partial charge in [-0.1, -0.05) is 98.1 Å². The third-order valence-corrected chi connectivity index (χ3v) is 11.6. The molecule has 0 radical (unpaired) electrons. The molecule has 8 heteroatoms. The van der Waals surface area contributed by atoms with E-state index in [1.807, 2.05) is 106 Å². The van der Waals surface area contributed by atoms with Gasteiger partial charge in [0.1, 0.15) is 0 Å². The fourth-order valence-electron chi connectivity index (χ4n) is 8.65. The first-order valence-corrected chi connectivity index (χ1v) is 19.9. The van der Waals surface area contributed by atoms with Crippen LogP contribution >= 0.6 is 0 Å². The van der Waals surface area contributed by atoms with Crippen molar-refractivity contribution in [2.75, 3.05) is 0 Å². The number of aromatic nitrogens is 2. The number of hydrogen-bond donors (Lipinski definition) is 0. The van der Waals surface area contributed by atoms with Crippen molar-refractivity contribution in [1.29, 1.82) is 0 Å². The minimum absolute atomic E-state index is 0.382. The first-order chi connectivity index (χ1) is 29.9. The Morgan fingerprint density at radius 2 is 0.645 bits per heavy atom. The topological polar surface area (TPSA) is 9.86 Å². The molecule has 0 bridgehead atoms. The van der Waals surface area contributed by atoms with Gasteiger partial charge in [0.05, 0.1) is 33.2 Å². The molecule has 0 aliphatic rings. The summed E-state index contributed by atoms with van der Waals surface area (Å²) in [5, 5.41) is 3.39. The van der Waals surface area contributed by atoms with Crippen LogP contribution in [0, 0.1) is 0 Å². The number of halogens is 6. The van der Waals surface area contributed by atoms with Gasteiger partial charge in [-0.25, -0.2) is 0 Å². The van der Waals surface area contributed by atoms with E-state index < -0.39 is 23.5 Å². The van der Waals surface area contributed by atoms with Crippen LogP contribution in [-0.4, -0.2) is 9.13 Å². The van der Waals surface area contributed by atoms with Crippen LogP contribution in [0.5, 0.6) is 0 Å². The molecule has 0 saturated heterocycles. The monoisotopic (exact) mass is 824 g/mol. The normalized spacial score (nSPS) is 12.2. The van der Waals surface area contributed by atoms with Crippen molar-refractivity contribution in [3.8, 4) is 44.8 Å². The molecule has 10 rings (SSSR count). The molecule has 8 aromatic carbocycles. The van der Waals surface area contributed by atoms with Gasteiger partial charge in [-0.05, 0) is 142 Å². The number of hydrogen-bond acceptors (Lipinski definition) is 0. The molecule has 0 fully saturated rings. The number of fused-ring (bicyclic) bond motifs is 6. The third kappa shape index (κ3) is 6.65. The lowest BCUT2D eigenvalue weighted by Crippen LogP contribution is -2.06. The summed E-state index contributed by atoms with van der Waals surface area (Å²) in [6.07, 6.45) is -5.49. The molecule has 302 valence electrons. The highest BCUT2D eigenvalue weighted by Crippen LogP contribution is 2.42. The van der Waals surface area contributed by atoms with Crippen molar-refractivity contribution in [3.05, 3.63) is 205 Å². The SMILES string of the molecule is C=Cc1cccc(-c2ccc3c(c2)c2cc(-c4ccc5c(c4)c4cc(-c6cccc(C=C)c6)ccc4n5-c4cccc(C(F)(F)F)c4)ccc2n3-c2cccc(C(F)(F)F)c2)c1. The second-order valence-corrected chi connectivity index (χ2v) is 15.4. The molecule has 0 spiro atoms. The van der Waals surface area contributed by atoms with E-state index in [-0.39, 0.29) is 0 Å². The molecule has 10 aromatic rings. The van der Waals surface area contributed by atoms with Gasteiger partial charge in [-0.2, -0.15) is 26.3 Å². The van der Waals surface area contributed by atoms with Gasteiger partial charge in [0, 0.05) is 32.9 Å². The van der Waals surface area contributed by atoms with E-state index in [0.29, 0.717) is 11.4 Å². The van der Waals surface area contributed by atoms with Crippen LogP contribution < -0.4 is 0 Å². The minimum Gasteiger partial charge on any atom is -0.309 e. The van der Waals surface area contributed by atoms with Crippen LogP contribution in [0.1, 0.15) is 22.3 Å². The predicted octanol–water partition coefficient (Wildman–Crippen LogP) is 16.2. The molecule has 0 atom stereocenters. The van der Waals surface area contributed by atoms with E-state index in [4.69, 9.17) is 0 Å². The zero-order chi connectivity index (χ0) is 42.9. The van der Waals surface area contributed by atoms with Gasteiger partial charge >= 0.3 is 12.4 Å². The van der Waals surface area contributed by atoms with E-state index in [9.17, 15) is 26.3 Å². The molecule has 62 heavy (non-hydrogen) atoms. The lowest BCUT2D eigenvalue weighted by Gasteiger charge is -2.12. The Morgan fingerprint density at radius 1 is 0.339 bits per heavy atom. The second-order valence-electron chi connectivity index (χ2n) is 15.4. The van der Waals surface area contributed by atoms with Crippen LogP contribution in [0.4, 0.5) is 26.3 Å². The fraction of sp³-hybridized carbons (Fsp3) is 0.0370. The van der Waals surface area contributed by atoms with Gasteiger partial charge in [-0.3, -0.25) is 0 Å². The van der Waals surface area contributed by atoms with Crippen molar-refractivity contribution in [1.82, 2.24) is 9.13 Å². The largest absolute Gasteiger partial charge is 0.416 e. The highest BCUT2D eigenvalue weighted by molar-refractivity contribution is 6.14. The van der Waals surface area contributed by atoms with Crippen LogP contribution in [0.25, 0.3) is 101 Å². The minimum atomic E-state index is -4.52. The summed E-state index contributed by atoms with van der Waals surface area (Å²) >= 11 is 0. The summed E-state index contributed by atoms with van der Waals surface area (Å²) in [7, 11) is 0. The van der Waals surface area contributed by atoms with Crippen LogP contribution in [0.3, 0.4) is 0 Å². The van der Waals surface area contributed by atoms with Gasteiger partial charge in [0.2, 0.25) is 0 Å². The third-order valence-electron chi connectivity index (χ3n) is 11.6. The van der Waals surface area contributed by atoms with Gasteiger partial charge in [-0.15, -0.1) is 0 Å². The number of nitrogens with zero attached hydrogens (tertiary/aromatic N) is 2. The average Bonchev–Trinajstić information content (AvgIpc) is 3.80. The van der Waals surface area contributed by atoms with Gasteiger partial charge in [0.15, 0.2) is 0 Å². The van der Waals surface area contributed by atoms with Crippen LogP contribution in [-0.2, 0) is 12.4 Å². The molecular weight excluding hydrogens is 791 g/mol. The number of alkyl halides is 6. The van der Waals surface area contributed by atoms with E-state index in [1.54, 1.807) is 24.3 Å². The summed E-state index contributed by atoms with van der Waals surface area (Å²) in [5.41, 5.74) is 9.67. The van der Waals surface area contributed by atoms with Crippen molar-refractivity contribution in [2.45, 2.75) is 12.4 Å². The second kappa shape index (κ2) is 14.6. The highest BCUT2D eigenvalue weighted by Gasteiger charge is 2.32. The summed E-state index contributed by atoms with van der Waals surface area (Å²) in [6, 6.07) is 50.5. The van der Waals surface area contributed by atoms with Gasteiger partial charge < -0.3 is 9.13 Å². The zero-order valence-corrected chi connectivity index (χ0v) is 32.9. The van der Waals surface area contributed by atoms with Crippen molar-refractivity contribution < 1.29 is 26.3 Å². The lowest BCUT2D eigenvalue weighted by atomic mass is 9.98. The summed E-state index contributed by atoms with van der Waals surface area (Å²) < 4.78 is 87.9. The molecule has 0 amide bonds. The summed E-state index contributed by atoms with van der Waals surface area (Å²) in [6.45, 7) is 7.83. The van der Waals surface area contributed by atoms with E-state index >= 15 is 0 Å². The van der Waals surface area contributed by atoms with Crippen molar-refractivity contribution in [3.63, 3.8) is 0 Å². The average molecular weight is 825 g/mol. The molecule has 0 unspecified atom stereocenters. The molecule has 2 aromatic heterocycles. The first kappa shape index (κ1) is 38.6. The molecule has 0 N–H and O–H groups in total. The number of benzene rings is 8. The fourth-order valence-corrected chi connectivity index (χ4v) is 8.65. The van der Waals surface area contributed by atoms with Crippen molar-refractivity contribution in [2.24, 2.45) is 0 Å². The van der Waals surface area contributed by atoms with Gasteiger partial charge in [0.25, 0.3) is 0 Å². The quantitative estimate of drug-likeness (QED) is 0.142. The van der Waals surface area contributed by atoms with Crippen molar-refractivity contribution >= 4 is 55.8 Å². The zero-order valence-electron chi connectivity index (χ0n) is 32.9. The standard InChI is InChI=1S/C54H34F6N2/c1-3-33-9-5-11-35(25-33)37-17-21-49-45(27-37)47-29-39(19-23-51(47)61(49)43-15-7-13-41(31-43)53(55,56)57)40-20-24-52-48(30-40)46-28-38(36-12-6-10-34(4-2)26-36)18-22-50(46)62(52)44-16-8-14-42(32-44)54(58,59)60/h3-32H,1-2H2. The highest BCUT2D eigenvalue weighted by atomic mass is 19.4. The molecular formula is C54H34F6N2. The first-order valence-electron chi connectivity index (χ1n) is 19.9. The Bertz CT molecular complexity index is 3210. The maximum atomic E-state index is 14.0. The Labute approximate surface area is 352 Å². The van der Waals surface area contributed by atoms with E-state index in [2.05, 4.69) is 37.4 Å². The lowest BCUT2D eigenvalue weighted by molar-refractivity contribution is -0.138. The Hall–Kier alpha value is -7.58.